The number of nitrogens with one attached hydrogen (secondary N) is 2. The van der Waals surface area contributed by atoms with Crippen molar-refractivity contribution in [1.29, 1.82) is 0 Å². The Labute approximate surface area is 127 Å². The molecule has 3 rings (SSSR count). The number of nitrogens with zero attached hydrogens (tertiary/aromatic N) is 2. The summed E-state index contributed by atoms with van der Waals surface area (Å²) in [5, 5.41) is 4.39. The number of hydrazine groups is 1. The van der Waals surface area contributed by atoms with Crippen molar-refractivity contribution in [3.63, 3.8) is 0 Å². The Morgan fingerprint density at radius 3 is 2.81 bits per heavy atom. The molecule has 0 amide bonds. The monoisotopic (exact) mass is 299 g/mol. The maximum absolute atomic E-state index is 5.47. The first kappa shape index (κ1) is 13.8. The Balaban J connectivity index is 2.09. The maximum Gasteiger partial charge on any atom is 0.240 e. The minimum absolute atomic E-state index is 0.419. The van der Waals surface area contributed by atoms with Crippen LogP contribution in [-0.4, -0.2) is 9.97 Å². The topological polar surface area (TPSA) is 75.9 Å². The third-order valence-corrected chi connectivity index (χ3v) is 4.38. The fourth-order valence-corrected chi connectivity index (χ4v) is 3.13. The van der Waals surface area contributed by atoms with Crippen LogP contribution < -0.4 is 16.6 Å². The molecule has 5 nitrogen and oxygen atoms in total. The highest BCUT2D eigenvalue weighted by Crippen LogP contribution is 2.31. The van der Waals surface area contributed by atoms with Crippen LogP contribution in [0.5, 0.6) is 0 Å². The minimum atomic E-state index is 0.419. The fourth-order valence-electron chi connectivity index (χ4n) is 2.16. The summed E-state index contributed by atoms with van der Waals surface area (Å²) in [6, 6.07) is 10.3. The van der Waals surface area contributed by atoms with Crippen molar-refractivity contribution in [2.24, 2.45) is 5.84 Å². The van der Waals surface area contributed by atoms with E-state index < -0.39 is 0 Å². The van der Waals surface area contributed by atoms with E-state index in [2.05, 4.69) is 52.8 Å². The lowest BCUT2D eigenvalue weighted by molar-refractivity contribution is 1.16. The average molecular weight is 299 g/mol. The number of benzene rings is 1. The number of hydrogen-bond donors (Lipinski definition) is 3. The molecule has 0 aliphatic rings. The van der Waals surface area contributed by atoms with E-state index in [1.807, 2.05) is 12.1 Å². The molecule has 0 radical (unpaired) electrons. The van der Waals surface area contributed by atoms with Crippen LogP contribution in [0.4, 0.5) is 17.5 Å². The lowest BCUT2D eigenvalue weighted by atomic mass is 10.2. The number of thiophene rings is 1. The SMILES string of the molecule is CCc1cc2c(Nc3cccc(C)c3)nc(NN)nc2s1. The van der Waals surface area contributed by atoms with Gasteiger partial charge < -0.3 is 5.32 Å². The quantitative estimate of drug-likeness (QED) is 0.507. The van der Waals surface area contributed by atoms with E-state index in [1.54, 1.807) is 11.3 Å². The molecule has 0 unspecified atom stereocenters. The molecular weight excluding hydrogens is 282 g/mol. The average Bonchev–Trinajstić information content (AvgIpc) is 2.90. The zero-order chi connectivity index (χ0) is 14.8. The number of aryl methyl sites for hydroxylation is 2. The first-order valence-electron chi connectivity index (χ1n) is 6.80. The highest BCUT2D eigenvalue weighted by Gasteiger charge is 2.11. The Hall–Kier alpha value is -2.18. The molecule has 108 valence electrons. The Kier molecular flexibility index (Phi) is 3.72. The van der Waals surface area contributed by atoms with Crippen LogP contribution >= 0.6 is 11.3 Å². The number of rotatable bonds is 4. The normalized spacial score (nSPS) is 10.8. The third kappa shape index (κ3) is 2.81. The summed E-state index contributed by atoms with van der Waals surface area (Å²) in [5.74, 6) is 6.66. The Morgan fingerprint density at radius 1 is 1.24 bits per heavy atom. The lowest BCUT2D eigenvalue weighted by Gasteiger charge is -2.09. The van der Waals surface area contributed by atoms with Crippen molar-refractivity contribution in [2.75, 3.05) is 10.7 Å². The summed E-state index contributed by atoms with van der Waals surface area (Å²) >= 11 is 1.67. The summed E-state index contributed by atoms with van der Waals surface area (Å²) in [4.78, 5) is 11.1. The number of anilines is 3. The van der Waals surface area contributed by atoms with Crippen molar-refractivity contribution in [3.8, 4) is 0 Å². The second-order valence-electron chi connectivity index (χ2n) is 4.82. The fraction of sp³-hybridized carbons (Fsp3) is 0.200. The standard InChI is InChI=1S/C15H17N5S/c1-3-11-8-12-13(17-10-6-4-5-9(2)7-10)18-15(20-16)19-14(12)21-11/h4-8H,3,16H2,1-2H3,(H2,17,18,19,20). The van der Waals surface area contributed by atoms with E-state index in [0.717, 1.165) is 28.1 Å². The van der Waals surface area contributed by atoms with Crippen LogP contribution in [0.1, 0.15) is 17.4 Å². The molecule has 0 saturated carbocycles. The highest BCUT2D eigenvalue weighted by atomic mass is 32.1. The lowest BCUT2D eigenvalue weighted by Crippen LogP contribution is -2.11. The van der Waals surface area contributed by atoms with Gasteiger partial charge in [-0.1, -0.05) is 19.1 Å². The van der Waals surface area contributed by atoms with Crippen LogP contribution in [-0.2, 0) is 6.42 Å². The van der Waals surface area contributed by atoms with Gasteiger partial charge in [-0.25, -0.2) is 10.8 Å². The van der Waals surface area contributed by atoms with Crippen LogP contribution in [0.2, 0.25) is 0 Å². The Morgan fingerprint density at radius 2 is 2.10 bits per heavy atom. The Bertz CT molecular complexity index is 781. The number of nitrogen functional groups attached to an aromatic ring is 1. The molecule has 0 aliphatic carbocycles. The van der Waals surface area contributed by atoms with Gasteiger partial charge in [-0.2, -0.15) is 4.98 Å². The van der Waals surface area contributed by atoms with Crippen molar-refractivity contribution >= 4 is 39.0 Å². The zero-order valence-corrected chi connectivity index (χ0v) is 12.8. The molecule has 0 aliphatic heterocycles. The first-order chi connectivity index (χ1) is 10.2. The molecule has 0 fully saturated rings. The van der Waals surface area contributed by atoms with E-state index in [4.69, 9.17) is 5.84 Å². The van der Waals surface area contributed by atoms with Gasteiger partial charge in [0.05, 0.1) is 5.39 Å². The van der Waals surface area contributed by atoms with E-state index in [9.17, 15) is 0 Å². The van der Waals surface area contributed by atoms with Gasteiger partial charge in [0.25, 0.3) is 0 Å². The second-order valence-corrected chi connectivity index (χ2v) is 5.93. The number of nitrogens with two attached hydrogens (primary N) is 1. The summed E-state index contributed by atoms with van der Waals surface area (Å²) in [5.41, 5.74) is 4.73. The molecule has 2 heterocycles. The molecule has 2 aromatic heterocycles. The van der Waals surface area contributed by atoms with E-state index in [-0.39, 0.29) is 0 Å². The molecule has 21 heavy (non-hydrogen) atoms. The van der Waals surface area contributed by atoms with Gasteiger partial charge in [0.15, 0.2) is 0 Å². The minimum Gasteiger partial charge on any atom is -0.340 e. The van der Waals surface area contributed by atoms with Gasteiger partial charge in [0.1, 0.15) is 10.6 Å². The van der Waals surface area contributed by atoms with E-state index >= 15 is 0 Å². The predicted molar refractivity (Wildman–Crippen MR) is 89.1 cm³/mol. The van der Waals surface area contributed by atoms with Gasteiger partial charge in [-0.15, -0.1) is 11.3 Å². The maximum atomic E-state index is 5.47. The molecule has 3 aromatic rings. The number of aromatic nitrogens is 2. The van der Waals surface area contributed by atoms with E-state index in [0.29, 0.717) is 5.95 Å². The number of hydrogen-bond acceptors (Lipinski definition) is 6. The molecule has 4 N–H and O–H groups in total. The van der Waals surface area contributed by atoms with Crippen LogP contribution in [0, 0.1) is 6.92 Å². The molecule has 6 heteroatoms. The zero-order valence-electron chi connectivity index (χ0n) is 12.0. The third-order valence-electron chi connectivity index (χ3n) is 3.20. The second kappa shape index (κ2) is 5.67. The first-order valence-corrected chi connectivity index (χ1v) is 7.62. The molecular formula is C15H17N5S. The summed E-state index contributed by atoms with van der Waals surface area (Å²) in [6.07, 6.45) is 0.982. The van der Waals surface area contributed by atoms with Crippen molar-refractivity contribution in [3.05, 3.63) is 40.8 Å². The molecule has 0 atom stereocenters. The molecule has 1 aromatic carbocycles. The van der Waals surface area contributed by atoms with Gasteiger partial charge in [0.2, 0.25) is 5.95 Å². The van der Waals surface area contributed by atoms with E-state index in [1.165, 1.54) is 10.4 Å². The summed E-state index contributed by atoms with van der Waals surface area (Å²) < 4.78 is 0. The molecule has 0 spiro atoms. The smallest absolute Gasteiger partial charge is 0.240 e. The van der Waals surface area contributed by atoms with Gasteiger partial charge in [-0.05, 0) is 37.1 Å². The highest BCUT2D eigenvalue weighted by molar-refractivity contribution is 7.18. The predicted octanol–water partition coefficient (Wildman–Crippen LogP) is 3.59. The molecule has 0 bridgehead atoms. The van der Waals surface area contributed by atoms with Crippen LogP contribution in [0.15, 0.2) is 30.3 Å². The van der Waals surface area contributed by atoms with Gasteiger partial charge in [0, 0.05) is 10.6 Å². The summed E-state index contributed by atoms with van der Waals surface area (Å²) in [7, 11) is 0. The van der Waals surface area contributed by atoms with Gasteiger partial charge in [-0.3, -0.25) is 5.43 Å². The van der Waals surface area contributed by atoms with Crippen LogP contribution in [0.25, 0.3) is 10.2 Å². The van der Waals surface area contributed by atoms with Crippen LogP contribution in [0.3, 0.4) is 0 Å². The van der Waals surface area contributed by atoms with Crippen molar-refractivity contribution < 1.29 is 0 Å². The van der Waals surface area contributed by atoms with Crippen molar-refractivity contribution in [2.45, 2.75) is 20.3 Å². The van der Waals surface area contributed by atoms with Crippen molar-refractivity contribution in [1.82, 2.24) is 9.97 Å². The van der Waals surface area contributed by atoms with Gasteiger partial charge >= 0.3 is 0 Å². The largest absolute Gasteiger partial charge is 0.340 e. The summed E-state index contributed by atoms with van der Waals surface area (Å²) in [6.45, 7) is 4.20. The molecule has 0 saturated heterocycles. The number of fused-ring (bicyclic) bond motifs is 1.